The van der Waals surface area contributed by atoms with E-state index in [1.807, 2.05) is 11.8 Å². The van der Waals surface area contributed by atoms with Crippen molar-refractivity contribution in [3.05, 3.63) is 27.9 Å². The summed E-state index contributed by atoms with van der Waals surface area (Å²) in [6, 6.07) is 1.67. The van der Waals surface area contributed by atoms with E-state index in [1.54, 1.807) is 6.92 Å². The van der Waals surface area contributed by atoms with E-state index in [0.29, 0.717) is 11.5 Å². The van der Waals surface area contributed by atoms with Crippen molar-refractivity contribution in [2.45, 2.75) is 13.0 Å². The topological polar surface area (TPSA) is 75.1 Å². The summed E-state index contributed by atoms with van der Waals surface area (Å²) in [5.41, 5.74) is 0.578. The third-order valence-corrected chi connectivity index (χ3v) is 3.79. The monoisotopic (exact) mass is 251 g/mol. The van der Waals surface area contributed by atoms with Crippen LogP contribution < -0.4 is 10.9 Å². The largest absolute Gasteiger partial charge is 0.306 e. The van der Waals surface area contributed by atoms with Crippen LogP contribution in [0.15, 0.2) is 10.9 Å². The summed E-state index contributed by atoms with van der Waals surface area (Å²) in [7, 11) is 0. The number of nitrogens with zero attached hydrogens (tertiary/aromatic N) is 3. The van der Waals surface area contributed by atoms with Gasteiger partial charge in [0.1, 0.15) is 5.82 Å². The second-order valence-corrected chi connectivity index (χ2v) is 5.21. The minimum atomic E-state index is -0.116. The summed E-state index contributed by atoms with van der Waals surface area (Å²) in [4.78, 5) is 20.3. The first-order chi connectivity index (χ1) is 8.24. The molecule has 3 rings (SSSR count). The Morgan fingerprint density at radius 2 is 2.41 bits per heavy atom. The van der Waals surface area contributed by atoms with Gasteiger partial charge < -0.3 is 5.32 Å². The van der Waals surface area contributed by atoms with Crippen LogP contribution >= 0.6 is 11.8 Å². The third kappa shape index (κ3) is 1.96. The first-order valence-electron chi connectivity index (χ1n) is 5.51. The van der Waals surface area contributed by atoms with Crippen molar-refractivity contribution >= 4 is 17.5 Å². The third-order valence-electron chi connectivity index (χ3n) is 2.73. The molecular weight excluding hydrogens is 238 g/mol. The van der Waals surface area contributed by atoms with E-state index in [4.69, 9.17) is 0 Å². The summed E-state index contributed by atoms with van der Waals surface area (Å²) in [5, 5.41) is 6.39. The van der Waals surface area contributed by atoms with Crippen LogP contribution in [0.4, 0.5) is 0 Å². The number of hydrogen-bond donors (Lipinski definition) is 2. The first-order valence-corrected chi connectivity index (χ1v) is 6.67. The van der Waals surface area contributed by atoms with Gasteiger partial charge >= 0.3 is 0 Å². The van der Waals surface area contributed by atoms with E-state index in [1.165, 1.54) is 10.6 Å². The summed E-state index contributed by atoms with van der Waals surface area (Å²) in [6.07, 6.45) is 0. The number of rotatable bonds is 1. The van der Waals surface area contributed by atoms with Gasteiger partial charge in [0.25, 0.3) is 11.3 Å². The number of aromatic amines is 1. The van der Waals surface area contributed by atoms with Crippen molar-refractivity contribution in [1.29, 1.82) is 0 Å². The average molecular weight is 251 g/mol. The highest BCUT2D eigenvalue weighted by Gasteiger charge is 2.19. The molecule has 3 heterocycles. The van der Waals surface area contributed by atoms with Crippen molar-refractivity contribution < 1.29 is 0 Å². The molecular formula is C10H13N5OS. The molecule has 0 aromatic carbocycles. The van der Waals surface area contributed by atoms with E-state index in [-0.39, 0.29) is 11.6 Å². The zero-order valence-corrected chi connectivity index (χ0v) is 10.3. The summed E-state index contributed by atoms with van der Waals surface area (Å²) in [6.45, 7) is 2.76. The lowest BCUT2D eigenvalue weighted by molar-refractivity contribution is 0.563. The Kier molecular flexibility index (Phi) is 2.64. The molecule has 0 bridgehead atoms. The molecule has 17 heavy (non-hydrogen) atoms. The average Bonchev–Trinajstić information content (AvgIpc) is 2.74. The molecule has 1 aliphatic heterocycles. The van der Waals surface area contributed by atoms with Crippen LogP contribution in [0.25, 0.3) is 5.78 Å². The summed E-state index contributed by atoms with van der Waals surface area (Å²) in [5.74, 6) is 3.32. The molecule has 1 unspecified atom stereocenters. The van der Waals surface area contributed by atoms with Crippen molar-refractivity contribution in [2.24, 2.45) is 0 Å². The lowest BCUT2D eigenvalue weighted by atomic mass is 10.3. The Bertz CT molecular complexity index is 598. The van der Waals surface area contributed by atoms with Gasteiger partial charge in [-0.25, -0.2) is 4.98 Å². The molecule has 6 nitrogen and oxygen atoms in total. The molecule has 2 aromatic heterocycles. The molecule has 0 spiro atoms. The summed E-state index contributed by atoms with van der Waals surface area (Å²) < 4.78 is 1.39. The van der Waals surface area contributed by atoms with E-state index < -0.39 is 0 Å². The Labute approximate surface area is 102 Å². The quantitative estimate of drug-likeness (QED) is 0.752. The van der Waals surface area contributed by atoms with Gasteiger partial charge in [-0.2, -0.15) is 21.3 Å². The van der Waals surface area contributed by atoms with Crippen molar-refractivity contribution in [2.75, 3.05) is 18.1 Å². The molecule has 90 valence electrons. The van der Waals surface area contributed by atoms with Gasteiger partial charge in [0.05, 0.1) is 6.04 Å². The standard InChI is InChI=1S/C10H13N5OS/c1-6-4-8(16)15-10(12-6)13-9(14-15)7-5-17-3-2-11-7/h4,7,11H,2-3,5H2,1H3,(H,12,13,14). The van der Waals surface area contributed by atoms with Crippen LogP contribution in [-0.2, 0) is 0 Å². The van der Waals surface area contributed by atoms with Gasteiger partial charge in [-0.3, -0.25) is 9.89 Å². The zero-order valence-electron chi connectivity index (χ0n) is 9.43. The maximum atomic E-state index is 11.7. The second-order valence-electron chi connectivity index (χ2n) is 4.06. The highest BCUT2D eigenvalue weighted by Crippen LogP contribution is 2.18. The molecule has 0 saturated carbocycles. The molecule has 1 atom stereocenters. The van der Waals surface area contributed by atoms with E-state index >= 15 is 0 Å². The maximum Gasteiger partial charge on any atom is 0.274 e. The Hall–Kier alpha value is -1.34. The van der Waals surface area contributed by atoms with E-state index in [9.17, 15) is 4.79 Å². The molecule has 2 N–H and O–H groups in total. The number of hydrogen-bond acceptors (Lipinski definition) is 5. The van der Waals surface area contributed by atoms with Crippen LogP contribution in [0.5, 0.6) is 0 Å². The molecule has 1 saturated heterocycles. The zero-order chi connectivity index (χ0) is 11.8. The van der Waals surface area contributed by atoms with Crippen LogP contribution in [0.2, 0.25) is 0 Å². The highest BCUT2D eigenvalue weighted by atomic mass is 32.2. The van der Waals surface area contributed by atoms with Gasteiger partial charge in [0.2, 0.25) is 0 Å². The van der Waals surface area contributed by atoms with Crippen molar-refractivity contribution in [3.8, 4) is 0 Å². The van der Waals surface area contributed by atoms with Gasteiger partial charge in [0.15, 0.2) is 0 Å². The van der Waals surface area contributed by atoms with Crippen LogP contribution in [0, 0.1) is 6.92 Å². The number of H-pyrrole nitrogens is 1. The normalized spacial score (nSPS) is 20.9. The fraction of sp³-hybridized carbons (Fsp3) is 0.500. The molecule has 7 heteroatoms. The fourth-order valence-corrected chi connectivity index (χ4v) is 2.85. The summed E-state index contributed by atoms with van der Waals surface area (Å²) >= 11 is 1.88. The second kappa shape index (κ2) is 4.15. The van der Waals surface area contributed by atoms with Gasteiger partial charge in [0, 0.05) is 29.8 Å². The van der Waals surface area contributed by atoms with Crippen molar-refractivity contribution in [3.63, 3.8) is 0 Å². The number of nitrogens with one attached hydrogen (secondary N) is 2. The van der Waals surface area contributed by atoms with Gasteiger partial charge in [-0.15, -0.1) is 0 Å². The number of aryl methyl sites for hydroxylation is 1. The predicted molar refractivity (Wildman–Crippen MR) is 66.4 cm³/mol. The minimum Gasteiger partial charge on any atom is -0.306 e. The lowest BCUT2D eigenvalue weighted by Gasteiger charge is -2.20. The Morgan fingerprint density at radius 3 is 3.18 bits per heavy atom. The van der Waals surface area contributed by atoms with Crippen LogP contribution in [0.3, 0.4) is 0 Å². The minimum absolute atomic E-state index is 0.116. The molecule has 0 aliphatic carbocycles. The Balaban J connectivity index is 2.06. The van der Waals surface area contributed by atoms with E-state index in [2.05, 4.69) is 20.4 Å². The molecule has 0 amide bonds. The Morgan fingerprint density at radius 1 is 1.53 bits per heavy atom. The van der Waals surface area contributed by atoms with E-state index in [0.717, 1.165) is 23.9 Å². The number of thioether (sulfide) groups is 1. The van der Waals surface area contributed by atoms with Crippen LogP contribution in [-0.4, -0.2) is 37.6 Å². The highest BCUT2D eigenvalue weighted by molar-refractivity contribution is 7.99. The van der Waals surface area contributed by atoms with Gasteiger partial charge in [-0.05, 0) is 6.92 Å². The maximum absolute atomic E-state index is 11.7. The van der Waals surface area contributed by atoms with Gasteiger partial charge in [-0.1, -0.05) is 0 Å². The molecule has 1 aliphatic rings. The first kappa shape index (κ1) is 10.8. The molecule has 1 fully saturated rings. The molecule has 0 radical (unpaired) electrons. The predicted octanol–water partition coefficient (Wildman–Crippen LogP) is 0.104. The lowest BCUT2D eigenvalue weighted by Crippen LogP contribution is -2.31. The SMILES string of the molecule is Cc1cc(=O)n2[nH]c(C3CSCCN3)nc2n1. The van der Waals surface area contributed by atoms with Crippen LogP contribution in [0.1, 0.15) is 17.6 Å². The number of aromatic nitrogens is 4. The molecule has 2 aromatic rings. The smallest absolute Gasteiger partial charge is 0.274 e. The van der Waals surface area contributed by atoms with Crippen molar-refractivity contribution in [1.82, 2.24) is 24.9 Å². The number of fused-ring (bicyclic) bond motifs is 1. The fourth-order valence-electron chi connectivity index (χ4n) is 1.91.